The number of rotatable bonds is 5. The number of amides is 1. The Morgan fingerprint density at radius 3 is 2.50 bits per heavy atom. The molecule has 0 bridgehead atoms. The van der Waals surface area contributed by atoms with Crippen LogP contribution in [-0.2, 0) is 17.6 Å². The number of hydrogen-bond donors (Lipinski definition) is 1. The van der Waals surface area contributed by atoms with Gasteiger partial charge >= 0.3 is 0 Å². The zero-order valence-electron chi connectivity index (χ0n) is 14.3. The maximum atomic E-state index is 12.2. The van der Waals surface area contributed by atoms with Gasteiger partial charge in [0.25, 0.3) is 0 Å². The van der Waals surface area contributed by atoms with Crippen LogP contribution in [0.2, 0.25) is 0 Å². The van der Waals surface area contributed by atoms with Crippen molar-refractivity contribution in [3.8, 4) is 0 Å². The normalized spacial score (nSPS) is 12.8. The Labute approximate surface area is 143 Å². The maximum absolute atomic E-state index is 12.2. The van der Waals surface area contributed by atoms with E-state index in [1.807, 2.05) is 38.1 Å². The lowest BCUT2D eigenvalue weighted by Crippen LogP contribution is -2.13. The van der Waals surface area contributed by atoms with E-state index in [1.165, 1.54) is 23.1 Å². The van der Waals surface area contributed by atoms with Crippen LogP contribution in [0.3, 0.4) is 0 Å². The summed E-state index contributed by atoms with van der Waals surface area (Å²) < 4.78 is 0. The monoisotopic (exact) mass is 321 g/mol. The van der Waals surface area contributed by atoms with E-state index in [0.717, 1.165) is 24.1 Å². The van der Waals surface area contributed by atoms with Crippen LogP contribution in [0, 0.1) is 13.8 Å². The number of ketones is 1. The highest BCUT2D eigenvalue weighted by Gasteiger charge is 2.13. The van der Waals surface area contributed by atoms with Crippen LogP contribution in [0.4, 0.5) is 5.69 Å². The molecular weight excluding hydrogens is 298 g/mol. The van der Waals surface area contributed by atoms with Crippen molar-refractivity contribution < 1.29 is 9.59 Å². The van der Waals surface area contributed by atoms with Gasteiger partial charge in [-0.1, -0.05) is 18.2 Å². The summed E-state index contributed by atoms with van der Waals surface area (Å²) in [5.41, 5.74) is 6.50. The molecule has 2 aromatic carbocycles. The molecular formula is C21H23NO2. The number of carbonyl (C=O) groups is 2. The Balaban J connectivity index is 1.55. The van der Waals surface area contributed by atoms with Crippen LogP contribution in [0.1, 0.15) is 51.9 Å². The highest BCUT2D eigenvalue weighted by molar-refractivity contribution is 6.00. The van der Waals surface area contributed by atoms with Crippen molar-refractivity contribution in [3.63, 3.8) is 0 Å². The summed E-state index contributed by atoms with van der Waals surface area (Å²) in [5, 5.41) is 2.91. The first-order chi connectivity index (χ1) is 11.5. The van der Waals surface area contributed by atoms with Crippen LogP contribution < -0.4 is 5.32 Å². The fourth-order valence-electron chi connectivity index (χ4n) is 3.16. The minimum Gasteiger partial charge on any atom is -0.326 e. The molecule has 3 rings (SSSR count). The SMILES string of the molecule is Cc1ccc(C(=O)CCC(=O)Nc2ccc3c(c2)CCC3)cc1C. The summed E-state index contributed by atoms with van der Waals surface area (Å²) in [7, 11) is 0. The number of hydrogen-bond acceptors (Lipinski definition) is 2. The number of benzene rings is 2. The van der Waals surface area contributed by atoms with Gasteiger partial charge in [0.05, 0.1) is 0 Å². The first-order valence-electron chi connectivity index (χ1n) is 8.55. The summed E-state index contributed by atoms with van der Waals surface area (Å²) in [4.78, 5) is 24.3. The largest absolute Gasteiger partial charge is 0.326 e. The van der Waals surface area contributed by atoms with Crippen molar-refractivity contribution in [2.45, 2.75) is 46.0 Å². The third kappa shape index (κ3) is 3.73. The van der Waals surface area contributed by atoms with Gasteiger partial charge in [-0.15, -0.1) is 0 Å². The van der Waals surface area contributed by atoms with Crippen LogP contribution in [0.25, 0.3) is 0 Å². The number of nitrogens with one attached hydrogen (secondary N) is 1. The molecule has 1 N–H and O–H groups in total. The van der Waals surface area contributed by atoms with Crippen LogP contribution in [0.15, 0.2) is 36.4 Å². The molecule has 24 heavy (non-hydrogen) atoms. The van der Waals surface area contributed by atoms with Crippen LogP contribution in [-0.4, -0.2) is 11.7 Å². The zero-order valence-corrected chi connectivity index (χ0v) is 14.3. The van der Waals surface area contributed by atoms with Crippen molar-refractivity contribution in [2.24, 2.45) is 0 Å². The first-order valence-corrected chi connectivity index (χ1v) is 8.55. The van der Waals surface area contributed by atoms with Crippen LogP contribution in [0.5, 0.6) is 0 Å². The van der Waals surface area contributed by atoms with E-state index < -0.39 is 0 Å². The second-order valence-corrected chi connectivity index (χ2v) is 6.61. The predicted molar refractivity (Wildman–Crippen MR) is 96.6 cm³/mol. The van der Waals surface area contributed by atoms with Gasteiger partial charge in [0.1, 0.15) is 0 Å². The van der Waals surface area contributed by atoms with Gasteiger partial charge in [0.2, 0.25) is 5.91 Å². The molecule has 0 spiro atoms. The van der Waals surface area contributed by atoms with Gasteiger partial charge in [-0.25, -0.2) is 0 Å². The fourth-order valence-corrected chi connectivity index (χ4v) is 3.16. The molecule has 0 aromatic heterocycles. The van der Waals surface area contributed by atoms with Gasteiger partial charge < -0.3 is 5.32 Å². The Kier molecular flexibility index (Phi) is 4.79. The molecule has 1 aliphatic rings. The molecule has 0 aliphatic heterocycles. The standard InChI is InChI=1S/C21H23NO2/c1-14-6-7-18(12-15(14)2)20(23)10-11-21(24)22-19-9-8-16-4-3-5-17(16)13-19/h6-9,12-13H,3-5,10-11H2,1-2H3,(H,22,24). The van der Waals surface area contributed by atoms with Gasteiger partial charge in [0, 0.05) is 24.1 Å². The van der Waals surface area contributed by atoms with Gasteiger partial charge in [-0.05, 0) is 73.6 Å². The molecule has 0 saturated heterocycles. The molecule has 0 unspecified atom stereocenters. The number of aryl methyl sites for hydroxylation is 4. The molecule has 0 saturated carbocycles. The fraction of sp³-hybridized carbons (Fsp3) is 0.333. The molecule has 0 radical (unpaired) electrons. The van der Waals surface area contributed by atoms with Crippen LogP contribution >= 0.6 is 0 Å². The minimum absolute atomic E-state index is 0.0159. The highest BCUT2D eigenvalue weighted by Crippen LogP contribution is 2.25. The summed E-state index contributed by atoms with van der Waals surface area (Å²) in [6.45, 7) is 4.01. The van der Waals surface area contributed by atoms with E-state index in [1.54, 1.807) is 0 Å². The lowest BCUT2D eigenvalue weighted by Gasteiger charge is -2.08. The first kappa shape index (κ1) is 16.4. The minimum atomic E-state index is -0.106. The number of anilines is 1. The average Bonchev–Trinajstić information content (AvgIpc) is 3.03. The van der Waals surface area contributed by atoms with Crippen molar-refractivity contribution in [1.29, 1.82) is 0 Å². The van der Waals surface area contributed by atoms with Gasteiger partial charge in [-0.3, -0.25) is 9.59 Å². The molecule has 3 nitrogen and oxygen atoms in total. The summed E-state index contributed by atoms with van der Waals surface area (Å²) in [6.07, 6.45) is 3.86. The van der Waals surface area contributed by atoms with Gasteiger partial charge in [-0.2, -0.15) is 0 Å². The molecule has 1 aliphatic carbocycles. The second-order valence-electron chi connectivity index (χ2n) is 6.61. The zero-order chi connectivity index (χ0) is 17.1. The van der Waals surface area contributed by atoms with E-state index >= 15 is 0 Å². The molecule has 2 aromatic rings. The molecule has 0 atom stereocenters. The van der Waals surface area contributed by atoms with Crippen molar-refractivity contribution in [1.82, 2.24) is 0 Å². The van der Waals surface area contributed by atoms with E-state index in [4.69, 9.17) is 0 Å². The van der Waals surface area contributed by atoms with E-state index in [2.05, 4.69) is 17.4 Å². The quantitative estimate of drug-likeness (QED) is 0.830. The lowest BCUT2D eigenvalue weighted by molar-refractivity contribution is -0.116. The maximum Gasteiger partial charge on any atom is 0.224 e. The molecule has 0 fully saturated rings. The summed E-state index contributed by atoms with van der Waals surface area (Å²) >= 11 is 0. The van der Waals surface area contributed by atoms with Gasteiger partial charge in [0.15, 0.2) is 5.78 Å². The molecule has 1 amide bonds. The number of carbonyl (C=O) groups excluding carboxylic acids is 2. The van der Waals surface area contributed by atoms with Crippen molar-refractivity contribution >= 4 is 17.4 Å². The Morgan fingerprint density at radius 2 is 1.71 bits per heavy atom. The summed E-state index contributed by atoms with van der Waals surface area (Å²) in [6, 6.07) is 11.8. The number of fused-ring (bicyclic) bond motifs is 1. The van der Waals surface area contributed by atoms with Crippen molar-refractivity contribution in [3.05, 3.63) is 64.2 Å². The third-order valence-electron chi connectivity index (χ3n) is 4.79. The summed E-state index contributed by atoms with van der Waals surface area (Å²) in [5.74, 6) is -0.0904. The third-order valence-corrected chi connectivity index (χ3v) is 4.79. The van der Waals surface area contributed by atoms with E-state index in [9.17, 15) is 9.59 Å². The molecule has 3 heteroatoms. The average molecular weight is 321 g/mol. The smallest absolute Gasteiger partial charge is 0.224 e. The van der Waals surface area contributed by atoms with E-state index in [-0.39, 0.29) is 24.5 Å². The Bertz CT molecular complexity index is 792. The topological polar surface area (TPSA) is 46.2 Å². The van der Waals surface area contributed by atoms with Crippen molar-refractivity contribution in [2.75, 3.05) is 5.32 Å². The second kappa shape index (κ2) is 7.00. The van der Waals surface area contributed by atoms with E-state index in [0.29, 0.717) is 5.56 Å². The number of Topliss-reactive ketones (excluding diaryl/α,β-unsaturated/α-hetero) is 1. The Morgan fingerprint density at radius 1 is 0.917 bits per heavy atom. The molecule has 124 valence electrons. The lowest BCUT2D eigenvalue weighted by atomic mass is 10.0. The highest BCUT2D eigenvalue weighted by atomic mass is 16.2. The molecule has 0 heterocycles. The Hall–Kier alpha value is -2.42. The predicted octanol–water partition coefficient (Wildman–Crippen LogP) is 4.39.